The van der Waals surface area contributed by atoms with Crippen molar-refractivity contribution in [2.75, 3.05) is 23.3 Å². The Kier molecular flexibility index (Phi) is 14.5. The summed E-state index contributed by atoms with van der Waals surface area (Å²) in [4.78, 5) is 53.4. The van der Waals surface area contributed by atoms with E-state index in [1.54, 1.807) is 79.7 Å². The fourth-order valence-electron chi connectivity index (χ4n) is 4.11. The molecule has 21 heteroatoms. The van der Waals surface area contributed by atoms with Crippen LogP contribution in [-0.4, -0.2) is 68.5 Å². The molecule has 1 heterocycles. The third kappa shape index (κ3) is 13.4. The molecule has 0 aliphatic carbocycles. The van der Waals surface area contributed by atoms with Gasteiger partial charge in [0.15, 0.2) is 17.3 Å². The molecule has 0 aliphatic rings. The van der Waals surface area contributed by atoms with Crippen LogP contribution in [0.25, 0.3) is 0 Å². The molecule has 0 saturated heterocycles. The van der Waals surface area contributed by atoms with Crippen LogP contribution in [0, 0.1) is 17.6 Å². The van der Waals surface area contributed by atoms with Crippen molar-refractivity contribution in [1.29, 1.82) is 0 Å². The van der Waals surface area contributed by atoms with Crippen LogP contribution in [0.15, 0.2) is 51.9 Å². The molecule has 1 aromatic heterocycles. The minimum absolute atomic E-state index is 0.0205. The maximum atomic E-state index is 15.5. The maximum absolute atomic E-state index is 15.5. The van der Waals surface area contributed by atoms with E-state index in [2.05, 4.69) is 20.7 Å². The molecular weight excluding hydrogens is 769 g/mol. The number of benzene rings is 2. The molecule has 0 fully saturated rings. The van der Waals surface area contributed by atoms with Gasteiger partial charge in [0.25, 0.3) is 10.0 Å². The van der Waals surface area contributed by atoms with Crippen LogP contribution in [0.5, 0.6) is 5.75 Å². The molecule has 4 N–H and O–H groups in total. The Labute approximate surface area is 320 Å². The summed E-state index contributed by atoms with van der Waals surface area (Å²) < 4.78 is 80.8. The molecule has 2 aromatic carbocycles. The van der Waals surface area contributed by atoms with Gasteiger partial charge in [0.1, 0.15) is 27.6 Å². The Morgan fingerprint density at radius 1 is 0.927 bits per heavy atom. The van der Waals surface area contributed by atoms with Crippen molar-refractivity contribution in [3.63, 3.8) is 0 Å². The van der Waals surface area contributed by atoms with Crippen molar-refractivity contribution < 1.29 is 55.3 Å². The van der Waals surface area contributed by atoms with Gasteiger partial charge in [-0.25, -0.2) is 46.8 Å². The highest BCUT2D eigenvalue weighted by atomic mass is 32.2. The highest BCUT2D eigenvalue weighted by Crippen LogP contribution is 2.35. The number of hydrogen-bond acceptors (Lipinski definition) is 13. The lowest BCUT2D eigenvalue weighted by atomic mass is 10.2. The van der Waals surface area contributed by atoms with Gasteiger partial charge in [0.05, 0.1) is 30.7 Å². The number of urea groups is 1. The number of esters is 1. The molecule has 17 nitrogen and oxygen atoms in total. The fourth-order valence-corrected chi connectivity index (χ4v) is 6.61. The number of thiazole rings is 1. The number of nitrogens with one attached hydrogen (secondary N) is 4. The molecule has 0 unspecified atom stereocenters. The van der Waals surface area contributed by atoms with E-state index in [9.17, 15) is 27.6 Å². The van der Waals surface area contributed by atoms with E-state index in [0.29, 0.717) is 23.4 Å². The summed E-state index contributed by atoms with van der Waals surface area (Å²) in [5.41, 5.74) is 0.158. The first kappa shape index (κ1) is 43.8. The quantitative estimate of drug-likeness (QED) is 0.0572. The zero-order valence-corrected chi connectivity index (χ0v) is 33.2. The molecule has 0 radical (unpaired) electrons. The van der Waals surface area contributed by atoms with Crippen molar-refractivity contribution in [1.82, 2.24) is 21.0 Å². The number of carbonyl (C=O) groups is 4. The minimum atomic E-state index is -4.86. The molecule has 0 bridgehead atoms. The number of carbonyl (C=O) groups excluding carboxylic acids is 4. The Bertz CT molecular complexity index is 1960. The number of hydrogen-bond donors (Lipinski definition) is 4. The van der Waals surface area contributed by atoms with Gasteiger partial charge in [0, 0.05) is 0 Å². The van der Waals surface area contributed by atoms with Crippen molar-refractivity contribution in [3.8, 4) is 5.75 Å². The normalized spacial score (nSPS) is 11.6. The maximum Gasteiger partial charge on any atom is 0.414 e. The highest BCUT2D eigenvalue weighted by molar-refractivity contribution is 7.93. The first-order valence-electron chi connectivity index (χ1n) is 16.4. The number of anilines is 2. The van der Waals surface area contributed by atoms with Gasteiger partial charge in [-0.2, -0.15) is 0 Å². The second-order valence-electron chi connectivity index (χ2n) is 13.9. The highest BCUT2D eigenvalue weighted by Gasteiger charge is 2.33. The van der Waals surface area contributed by atoms with Crippen LogP contribution in [0.4, 0.5) is 33.9 Å². The molecular formula is C34H43F2N7O10S2. The fraction of sp³-hybridized carbons (Fsp3) is 0.412. The second-order valence-corrected chi connectivity index (χ2v) is 16.6. The molecule has 0 aliphatic heterocycles. The lowest BCUT2D eigenvalue weighted by molar-refractivity contribution is 0.0451. The summed E-state index contributed by atoms with van der Waals surface area (Å²) in [6.45, 7) is 12.6. The second kappa shape index (κ2) is 18.2. The summed E-state index contributed by atoms with van der Waals surface area (Å²) in [6, 6.07) is 5.83. The van der Waals surface area contributed by atoms with Gasteiger partial charge in [-0.05, 0) is 77.3 Å². The molecule has 300 valence electrons. The Balaban J connectivity index is 1.94. The van der Waals surface area contributed by atoms with Gasteiger partial charge in [-0.15, -0.1) is 16.4 Å². The van der Waals surface area contributed by atoms with Crippen molar-refractivity contribution in [2.45, 2.75) is 78.0 Å². The summed E-state index contributed by atoms with van der Waals surface area (Å²) in [5, 5.41) is 9.44. The van der Waals surface area contributed by atoms with Gasteiger partial charge in [0.2, 0.25) is 5.96 Å². The number of guanidine groups is 1. The van der Waals surface area contributed by atoms with E-state index < -0.39 is 80.1 Å². The van der Waals surface area contributed by atoms with E-state index in [-0.39, 0.29) is 23.2 Å². The first-order valence-corrected chi connectivity index (χ1v) is 18.7. The largest absolute Gasteiger partial charge is 0.497 e. The van der Waals surface area contributed by atoms with Crippen LogP contribution < -0.4 is 30.4 Å². The number of halogens is 2. The average molecular weight is 812 g/mol. The SMILES string of the molecule is COc1ccc(CN(c2scnc2C(=O)OCC(C)C)S(=O)(=O)c2cc(F)c(NC(=O)NN=C(NC(=O)OC(C)(C)C)NC(=O)OC(C)(C)C)c(F)c2)cc1. The summed E-state index contributed by atoms with van der Waals surface area (Å²) in [6.07, 6.45) is -2.17. The minimum Gasteiger partial charge on any atom is -0.497 e. The number of aromatic nitrogens is 1. The lowest BCUT2D eigenvalue weighted by Gasteiger charge is -2.24. The van der Waals surface area contributed by atoms with Crippen molar-refractivity contribution in [2.24, 2.45) is 11.0 Å². The van der Waals surface area contributed by atoms with Crippen LogP contribution in [-0.2, 0) is 30.8 Å². The van der Waals surface area contributed by atoms with E-state index in [1.165, 1.54) is 12.6 Å². The molecule has 0 atom stereocenters. The number of rotatable bonds is 11. The van der Waals surface area contributed by atoms with Crippen LogP contribution in [0.3, 0.4) is 0 Å². The van der Waals surface area contributed by atoms with Gasteiger partial charge < -0.3 is 24.3 Å². The number of sulfonamides is 1. The zero-order valence-electron chi connectivity index (χ0n) is 31.5. The molecule has 0 spiro atoms. The smallest absolute Gasteiger partial charge is 0.414 e. The lowest BCUT2D eigenvalue weighted by Crippen LogP contribution is -2.48. The van der Waals surface area contributed by atoms with E-state index >= 15 is 8.78 Å². The number of alkyl carbamates (subject to hydrolysis) is 2. The van der Waals surface area contributed by atoms with E-state index in [0.717, 1.165) is 15.6 Å². The summed E-state index contributed by atoms with van der Waals surface area (Å²) in [7, 11) is -3.41. The number of methoxy groups -OCH3 is 1. The third-order valence-electron chi connectivity index (χ3n) is 6.35. The molecule has 3 rings (SSSR count). The zero-order chi connectivity index (χ0) is 41.3. The summed E-state index contributed by atoms with van der Waals surface area (Å²) in [5.74, 6) is -4.18. The monoisotopic (exact) mass is 811 g/mol. The topological polar surface area (TPSA) is 216 Å². The number of amides is 4. The molecule has 3 aromatic rings. The molecule has 4 amide bonds. The predicted octanol–water partition coefficient (Wildman–Crippen LogP) is 6.08. The van der Waals surface area contributed by atoms with Crippen molar-refractivity contribution in [3.05, 3.63) is 64.8 Å². The standard InChI is InChI=1S/C34H43F2N7O10S2/c1-19(2)17-51-28(44)26-27(54-18-37-26)43(16-20-10-12-21(50-9)13-11-20)55(48,49)22-14-23(35)25(24(36)15-22)38-30(45)42-41-29(39-31(46)52-33(3,4)5)40-32(47)53-34(6,7)8/h10-15,18-19H,16-17H2,1-9H3,(H2,38,42,45)(H2,39,40,41,46,47). The summed E-state index contributed by atoms with van der Waals surface area (Å²) >= 11 is 0.785. The van der Waals surface area contributed by atoms with Gasteiger partial charge in [-0.1, -0.05) is 26.0 Å². The number of nitrogens with zero attached hydrogens (tertiary/aromatic N) is 3. The Morgan fingerprint density at radius 3 is 1.96 bits per heavy atom. The first-order chi connectivity index (χ1) is 25.5. The predicted molar refractivity (Wildman–Crippen MR) is 198 cm³/mol. The Morgan fingerprint density at radius 2 is 1.47 bits per heavy atom. The van der Waals surface area contributed by atoms with Gasteiger partial charge >= 0.3 is 24.2 Å². The molecule has 55 heavy (non-hydrogen) atoms. The molecule has 0 saturated carbocycles. The van der Waals surface area contributed by atoms with Crippen LogP contribution in [0.2, 0.25) is 0 Å². The van der Waals surface area contributed by atoms with Crippen LogP contribution >= 0.6 is 11.3 Å². The van der Waals surface area contributed by atoms with E-state index in [4.69, 9.17) is 18.9 Å². The Hall–Kier alpha value is -5.57. The van der Waals surface area contributed by atoms with Gasteiger partial charge in [-0.3, -0.25) is 14.9 Å². The average Bonchev–Trinajstić information content (AvgIpc) is 3.54. The number of ether oxygens (including phenoxy) is 4. The van der Waals surface area contributed by atoms with Crippen LogP contribution in [0.1, 0.15) is 71.4 Å². The third-order valence-corrected chi connectivity index (χ3v) is 9.04. The van der Waals surface area contributed by atoms with Crippen molar-refractivity contribution >= 4 is 62.2 Å². The number of hydrazone groups is 1. The van der Waals surface area contributed by atoms with E-state index in [1.807, 2.05) is 10.7 Å².